The SMILES string of the molecule is C[C@H]1CCCN(C(=O)CN(CC(=O)N2CCC[C@H](C)C2)c2ccccc2N2CCC(O)CC2)C1. The molecule has 0 aliphatic carbocycles. The van der Waals surface area contributed by atoms with Gasteiger partial charge in [0, 0.05) is 39.3 Å². The minimum absolute atomic E-state index is 0.107. The predicted octanol–water partition coefficient (Wildman–Crippen LogP) is 2.97. The van der Waals surface area contributed by atoms with E-state index < -0.39 is 0 Å². The molecule has 7 heteroatoms. The Hall–Kier alpha value is -2.28. The third kappa shape index (κ3) is 6.23. The van der Waals surface area contributed by atoms with E-state index in [9.17, 15) is 14.7 Å². The number of para-hydroxylation sites is 2. The molecular formula is C27H42N4O3. The molecular weight excluding hydrogens is 428 g/mol. The zero-order valence-corrected chi connectivity index (χ0v) is 21.0. The van der Waals surface area contributed by atoms with Gasteiger partial charge in [0.2, 0.25) is 11.8 Å². The number of likely N-dealkylation sites (tertiary alicyclic amines) is 2. The molecule has 34 heavy (non-hydrogen) atoms. The van der Waals surface area contributed by atoms with E-state index in [2.05, 4.69) is 24.8 Å². The largest absolute Gasteiger partial charge is 0.393 e. The Morgan fingerprint density at radius 2 is 1.38 bits per heavy atom. The van der Waals surface area contributed by atoms with Crippen LogP contribution in [0.4, 0.5) is 11.4 Å². The molecule has 1 N–H and O–H groups in total. The molecule has 3 saturated heterocycles. The molecule has 0 unspecified atom stereocenters. The van der Waals surface area contributed by atoms with Gasteiger partial charge in [0.15, 0.2) is 0 Å². The molecule has 3 heterocycles. The first-order valence-corrected chi connectivity index (χ1v) is 13.2. The van der Waals surface area contributed by atoms with Crippen LogP contribution in [0.15, 0.2) is 24.3 Å². The first-order valence-electron chi connectivity index (χ1n) is 13.2. The molecule has 0 radical (unpaired) electrons. The Balaban J connectivity index is 1.56. The van der Waals surface area contributed by atoms with Crippen molar-refractivity contribution in [3.8, 4) is 0 Å². The number of aliphatic hydroxyl groups excluding tert-OH is 1. The van der Waals surface area contributed by atoms with E-state index in [1.54, 1.807) is 0 Å². The average molecular weight is 471 g/mol. The van der Waals surface area contributed by atoms with E-state index in [1.165, 1.54) is 12.8 Å². The summed E-state index contributed by atoms with van der Waals surface area (Å²) in [5, 5.41) is 9.98. The van der Waals surface area contributed by atoms with E-state index >= 15 is 0 Å². The number of amides is 2. The summed E-state index contributed by atoms with van der Waals surface area (Å²) in [6.07, 6.45) is 5.66. The number of nitrogens with zero attached hydrogens (tertiary/aromatic N) is 4. The molecule has 1 aromatic carbocycles. The summed E-state index contributed by atoms with van der Waals surface area (Å²) in [5.41, 5.74) is 1.99. The number of rotatable bonds is 6. The second-order valence-electron chi connectivity index (χ2n) is 10.7. The molecule has 0 aromatic heterocycles. The second-order valence-corrected chi connectivity index (χ2v) is 10.7. The van der Waals surface area contributed by atoms with Crippen LogP contribution in [0.25, 0.3) is 0 Å². The Morgan fingerprint density at radius 3 is 1.91 bits per heavy atom. The number of aliphatic hydroxyl groups is 1. The van der Waals surface area contributed by atoms with E-state index in [0.29, 0.717) is 11.8 Å². The van der Waals surface area contributed by atoms with Crippen LogP contribution < -0.4 is 9.80 Å². The highest BCUT2D eigenvalue weighted by Crippen LogP contribution is 2.32. The summed E-state index contributed by atoms with van der Waals surface area (Å²) in [7, 11) is 0. The van der Waals surface area contributed by atoms with Crippen LogP contribution in [0, 0.1) is 11.8 Å². The van der Waals surface area contributed by atoms with Crippen molar-refractivity contribution in [2.45, 2.75) is 58.5 Å². The number of hydrogen-bond acceptors (Lipinski definition) is 5. The summed E-state index contributed by atoms with van der Waals surface area (Å²) >= 11 is 0. The minimum atomic E-state index is -0.246. The lowest BCUT2D eigenvalue weighted by atomic mass is 10.00. The maximum Gasteiger partial charge on any atom is 0.242 e. The fourth-order valence-electron chi connectivity index (χ4n) is 5.69. The topological polar surface area (TPSA) is 67.3 Å². The van der Waals surface area contributed by atoms with Gasteiger partial charge in [-0.2, -0.15) is 0 Å². The van der Waals surface area contributed by atoms with E-state index in [0.717, 1.165) is 76.3 Å². The Morgan fingerprint density at radius 1 is 0.853 bits per heavy atom. The van der Waals surface area contributed by atoms with Crippen molar-refractivity contribution in [1.82, 2.24) is 9.80 Å². The van der Waals surface area contributed by atoms with E-state index in [1.807, 2.05) is 32.9 Å². The number of carbonyl (C=O) groups excluding carboxylic acids is 2. The highest BCUT2D eigenvalue weighted by atomic mass is 16.3. The average Bonchev–Trinajstić information content (AvgIpc) is 2.84. The van der Waals surface area contributed by atoms with Crippen LogP contribution in [0.2, 0.25) is 0 Å². The van der Waals surface area contributed by atoms with Gasteiger partial charge >= 0.3 is 0 Å². The second kappa shape index (κ2) is 11.4. The lowest BCUT2D eigenvalue weighted by molar-refractivity contribution is -0.132. The molecule has 1 aromatic rings. The lowest BCUT2D eigenvalue weighted by Crippen LogP contribution is -2.49. The summed E-state index contributed by atoms with van der Waals surface area (Å²) in [6, 6.07) is 8.13. The number of hydrogen-bond donors (Lipinski definition) is 1. The molecule has 188 valence electrons. The summed E-state index contributed by atoms with van der Waals surface area (Å²) in [4.78, 5) is 35.0. The van der Waals surface area contributed by atoms with Gasteiger partial charge in [-0.15, -0.1) is 0 Å². The minimum Gasteiger partial charge on any atom is -0.393 e. The fraction of sp³-hybridized carbons (Fsp3) is 0.704. The highest BCUT2D eigenvalue weighted by molar-refractivity contribution is 5.89. The van der Waals surface area contributed by atoms with Crippen LogP contribution in [0.1, 0.15) is 52.4 Å². The lowest BCUT2D eigenvalue weighted by Gasteiger charge is -2.38. The van der Waals surface area contributed by atoms with E-state index in [-0.39, 0.29) is 31.0 Å². The van der Waals surface area contributed by atoms with Crippen LogP contribution in [-0.4, -0.2) is 85.2 Å². The summed E-state index contributed by atoms with van der Waals surface area (Å²) < 4.78 is 0. The first-order chi connectivity index (χ1) is 16.4. The Bertz CT molecular complexity index is 803. The van der Waals surface area contributed by atoms with Gasteiger partial charge < -0.3 is 24.7 Å². The quantitative estimate of drug-likeness (QED) is 0.692. The van der Waals surface area contributed by atoms with Crippen LogP contribution >= 0.6 is 0 Å². The molecule has 3 aliphatic heterocycles. The number of piperidine rings is 3. The van der Waals surface area contributed by atoms with Gasteiger partial charge in [0.05, 0.1) is 30.6 Å². The molecule has 0 bridgehead atoms. The first kappa shape index (κ1) is 24.8. The standard InChI is InChI=1S/C27H42N4O3/c1-21-7-5-13-29(17-21)26(33)19-31(20-27(34)30-14-6-8-22(2)18-30)25-10-4-3-9-24(25)28-15-11-23(32)12-16-28/h3-4,9-10,21-23,32H,5-8,11-20H2,1-2H3/t21-,22-/m0/s1. The zero-order valence-electron chi connectivity index (χ0n) is 21.0. The van der Waals surface area contributed by atoms with Crippen molar-refractivity contribution in [3.63, 3.8) is 0 Å². The van der Waals surface area contributed by atoms with Crippen molar-refractivity contribution in [2.75, 3.05) is 62.2 Å². The molecule has 7 nitrogen and oxygen atoms in total. The van der Waals surface area contributed by atoms with Gasteiger partial charge in [-0.3, -0.25) is 9.59 Å². The van der Waals surface area contributed by atoms with Crippen molar-refractivity contribution < 1.29 is 14.7 Å². The summed E-state index contributed by atoms with van der Waals surface area (Å²) in [5.74, 6) is 1.26. The van der Waals surface area contributed by atoms with Gasteiger partial charge in [-0.05, 0) is 62.5 Å². The third-order valence-corrected chi connectivity index (χ3v) is 7.70. The number of benzene rings is 1. The highest BCUT2D eigenvalue weighted by Gasteiger charge is 2.29. The van der Waals surface area contributed by atoms with Crippen molar-refractivity contribution >= 4 is 23.2 Å². The molecule has 4 rings (SSSR count). The number of anilines is 2. The maximum absolute atomic E-state index is 13.4. The number of carbonyl (C=O) groups is 2. The molecule has 0 saturated carbocycles. The predicted molar refractivity (Wildman–Crippen MR) is 136 cm³/mol. The van der Waals surface area contributed by atoms with Gasteiger partial charge in [0.1, 0.15) is 0 Å². The maximum atomic E-state index is 13.4. The monoisotopic (exact) mass is 470 g/mol. The Labute approximate surface area is 204 Å². The fourth-order valence-corrected chi connectivity index (χ4v) is 5.69. The van der Waals surface area contributed by atoms with Crippen LogP contribution in [0.3, 0.4) is 0 Å². The molecule has 2 amide bonds. The molecule has 0 spiro atoms. The van der Waals surface area contributed by atoms with Crippen molar-refractivity contribution in [2.24, 2.45) is 11.8 Å². The zero-order chi connectivity index (χ0) is 24.1. The summed E-state index contributed by atoms with van der Waals surface area (Å²) in [6.45, 7) is 9.62. The van der Waals surface area contributed by atoms with Crippen LogP contribution in [0.5, 0.6) is 0 Å². The Kier molecular flexibility index (Phi) is 8.35. The van der Waals surface area contributed by atoms with E-state index in [4.69, 9.17) is 0 Å². The molecule has 3 aliphatic rings. The van der Waals surface area contributed by atoms with Crippen molar-refractivity contribution in [1.29, 1.82) is 0 Å². The van der Waals surface area contributed by atoms with Gasteiger partial charge in [0.25, 0.3) is 0 Å². The van der Waals surface area contributed by atoms with Gasteiger partial charge in [-0.25, -0.2) is 0 Å². The van der Waals surface area contributed by atoms with Crippen molar-refractivity contribution in [3.05, 3.63) is 24.3 Å². The van der Waals surface area contributed by atoms with Gasteiger partial charge in [-0.1, -0.05) is 26.0 Å². The molecule has 3 fully saturated rings. The smallest absolute Gasteiger partial charge is 0.242 e. The third-order valence-electron chi connectivity index (χ3n) is 7.70. The van der Waals surface area contributed by atoms with Crippen LogP contribution in [-0.2, 0) is 9.59 Å². The normalized spacial score (nSPS) is 24.3. The molecule has 2 atom stereocenters.